The summed E-state index contributed by atoms with van der Waals surface area (Å²) in [6.45, 7) is 6.47. The van der Waals surface area contributed by atoms with Crippen molar-refractivity contribution in [3.63, 3.8) is 0 Å². The van der Waals surface area contributed by atoms with Gasteiger partial charge in [0, 0.05) is 11.8 Å². The van der Waals surface area contributed by atoms with Crippen LogP contribution < -0.4 is 0 Å². The second-order valence-electron chi connectivity index (χ2n) is 5.20. The summed E-state index contributed by atoms with van der Waals surface area (Å²) in [6.07, 6.45) is 8.14. The molecular weight excluding hydrogens is 198 g/mol. The minimum absolute atomic E-state index is 0.222. The number of nitrogens with zero attached hydrogens (tertiary/aromatic N) is 1. The van der Waals surface area contributed by atoms with Gasteiger partial charge >= 0.3 is 0 Å². The van der Waals surface area contributed by atoms with Crippen molar-refractivity contribution in [1.29, 1.82) is 0 Å². The summed E-state index contributed by atoms with van der Waals surface area (Å²) >= 11 is 0. The number of rotatable bonds is 3. The van der Waals surface area contributed by atoms with Gasteiger partial charge in [0.15, 0.2) is 0 Å². The van der Waals surface area contributed by atoms with Crippen molar-refractivity contribution in [1.82, 2.24) is 4.98 Å². The lowest BCUT2D eigenvalue weighted by atomic mass is 9.88. The van der Waals surface area contributed by atoms with Gasteiger partial charge in [-0.15, -0.1) is 6.42 Å². The van der Waals surface area contributed by atoms with Gasteiger partial charge in [-0.1, -0.05) is 26.8 Å². The molecule has 0 spiro atoms. The number of terminal acetylenes is 1. The first-order valence-electron chi connectivity index (χ1n) is 5.53. The molecular formula is C14H19NO. The molecule has 0 aromatic carbocycles. The number of aliphatic hydroxyl groups excluding tert-OH is 1. The van der Waals surface area contributed by atoms with Crippen molar-refractivity contribution in [3.8, 4) is 12.3 Å². The molecule has 0 saturated carbocycles. The van der Waals surface area contributed by atoms with Crippen LogP contribution in [-0.2, 0) is 0 Å². The molecule has 1 N–H and O–H groups in total. The summed E-state index contributed by atoms with van der Waals surface area (Å²) in [5.41, 5.74) is 1.53. The molecule has 0 aliphatic rings. The third kappa shape index (κ3) is 3.67. The molecule has 0 unspecified atom stereocenters. The van der Waals surface area contributed by atoms with Crippen LogP contribution in [0.3, 0.4) is 0 Å². The lowest BCUT2D eigenvalue weighted by Gasteiger charge is -2.20. The Kier molecular flexibility index (Phi) is 4.09. The fourth-order valence-electron chi connectivity index (χ4n) is 1.53. The van der Waals surface area contributed by atoms with Gasteiger partial charge in [0.25, 0.3) is 0 Å². The summed E-state index contributed by atoms with van der Waals surface area (Å²) in [5, 5.41) is 10.1. The van der Waals surface area contributed by atoms with Gasteiger partial charge in [0.2, 0.25) is 0 Å². The van der Waals surface area contributed by atoms with Crippen LogP contribution in [0, 0.1) is 17.8 Å². The van der Waals surface area contributed by atoms with Crippen molar-refractivity contribution in [2.24, 2.45) is 5.41 Å². The first-order valence-corrected chi connectivity index (χ1v) is 5.53. The number of hydrogen-bond donors (Lipinski definition) is 1. The van der Waals surface area contributed by atoms with Crippen LogP contribution in [0.25, 0.3) is 0 Å². The first kappa shape index (κ1) is 12.7. The van der Waals surface area contributed by atoms with E-state index < -0.39 is 6.10 Å². The maximum absolute atomic E-state index is 10.1. The van der Waals surface area contributed by atoms with E-state index in [1.54, 1.807) is 12.3 Å². The van der Waals surface area contributed by atoms with Gasteiger partial charge in [-0.2, -0.15) is 0 Å². The molecule has 0 aliphatic carbocycles. The topological polar surface area (TPSA) is 33.1 Å². The highest BCUT2D eigenvalue weighted by molar-refractivity contribution is 5.34. The summed E-state index contributed by atoms with van der Waals surface area (Å²) < 4.78 is 0. The smallest absolute Gasteiger partial charge is 0.118 e. The highest BCUT2D eigenvalue weighted by Gasteiger charge is 2.16. The molecule has 86 valence electrons. The van der Waals surface area contributed by atoms with Crippen LogP contribution in [0.2, 0.25) is 0 Å². The molecule has 2 heteroatoms. The van der Waals surface area contributed by atoms with E-state index in [1.165, 1.54) is 0 Å². The highest BCUT2D eigenvalue weighted by atomic mass is 16.3. The average Bonchev–Trinajstić information content (AvgIpc) is 2.25. The van der Waals surface area contributed by atoms with Crippen LogP contribution in [-0.4, -0.2) is 10.1 Å². The molecule has 1 rings (SSSR count). The monoisotopic (exact) mass is 217 g/mol. The number of pyridine rings is 1. The first-order chi connectivity index (χ1) is 7.44. The Morgan fingerprint density at radius 1 is 1.50 bits per heavy atom. The van der Waals surface area contributed by atoms with Gasteiger partial charge in [0.05, 0.1) is 6.10 Å². The minimum Gasteiger partial charge on any atom is -0.388 e. The Bertz CT molecular complexity index is 384. The van der Waals surface area contributed by atoms with Crippen molar-refractivity contribution >= 4 is 0 Å². The lowest BCUT2D eigenvalue weighted by Crippen LogP contribution is -2.09. The molecule has 1 aromatic rings. The van der Waals surface area contributed by atoms with Crippen LogP contribution in [0.5, 0.6) is 0 Å². The molecule has 16 heavy (non-hydrogen) atoms. The third-order valence-electron chi connectivity index (χ3n) is 2.50. The number of aromatic nitrogens is 1. The Morgan fingerprint density at radius 2 is 2.19 bits per heavy atom. The summed E-state index contributed by atoms with van der Waals surface area (Å²) in [5.74, 6) is 2.50. The van der Waals surface area contributed by atoms with Crippen LogP contribution in [0.15, 0.2) is 18.3 Å². The van der Waals surface area contributed by atoms with Gasteiger partial charge < -0.3 is 5.11 Å². The maximum Gasteiger partial charge on any atom is 0.118 e. The molecule has 1 atom stereocenters. The molecule has 0 amide bonds. The molecule has 0 fully saturated rings. The lowest BCUT2D eigenvalue weighted by molar-refractivity contribution is 0.147. The normalized spacial score (nSPS) is 13.2. The molecule has 1 aromatic heterocycles. The number of aliphatic hydroxyl groups is 1. The quantitative estimate of drug-likeness (QED) is 0.790. The molecule has 2 nitrogen and oxygen atoms in total. The predicted octanol–water partition coefficient (Wildman–Crippen LogP) is 2.92. The summed E-state index contributed by atoms with van der Waals surface area (Å²) in [4.78, 5) is 4.07. The Hall–Kier alpha value is -1.33. The Balaban J connectivity index is 2.74. The van der Waals surface area contributed by atoms with E-state index in [0.717, 1.165) is 12.0 Å². The van der Waals surface area contributed by atoms with Gasteiger partial charge in [-0.05, 0) is 30.2 Å². The van der Waals surface area contributed by atoms with E-state index in [4.69, 9.17) is 6.42 Å². The largest absolute Gasteiger partial charge is 0.388 e. The standard InChI is InChI=1S/C14H19NO/c1-5-12-11(7-6-10-15-12)13(16)8-9-14(2,3)4/h1,6-7,10,13,16H,8-9H2,2-4H3/t13-/m0/s1. The maximum atomic E-state index is 10.1. The van der Waals surface area contributed by atoms with Crippen molar-refractivity contribution in [3.05, 3.63) is 29.6 Å². The van der Waals surface area contributed by atoms with Gasteiger partial charge in [-0.25, -0.2) is 4.98 Å². The van der Waals surface area contributed by atoms with Gasteiger partial charge in [-0.3, -0.25) is 0 Å². The zero-order valence-electron chi connectivity index (χ0n) is 10.2. The number of hydrogen-bond acceptors (Lipinski definition) is 2. The highest BCUT2D eigenvalue weighted by Crippen LogP contribution is 2.27. The van der Waals surface area contributed by atoms with E-state index in [9.17, 15) is 5.11 Å². The van der Waals surface area contributed by atoms with Crippen molar-refractivity contribution < 1.29 is 5.11 Å². The second-order valence-corrected chi connectivity index (χ2v) is 5.20. The van der Waals surface area contributed by atoms with E-state index in [-0.39, 0.29) is 5.41 Å². The zero-order chi connectivity index (χ0) is 12.2. The molecule has 0 aliphatic heterocycles. The molecule has 0 radical (unpaired) electrons. The second kappa shape index (κ2) is 5.14. The fourth-order valence-corrected chi connectivity index (χ4v) is 1.53. The van der Waals surface area contributed by atoms with Crippen LogP contribution >= 0.6 is 0 Å². The molecule has 1 heterocycles. The van der Waals surface area contributed by atoms with Gasteiger partial charge in [0.1, 0.15) is 5.69 Å². The van der Waals surface area contributed by atoms with E-state index in [2.05, 4.69) is 31.7 Å². The summed E-state index contributed by atoms with van der Waals surface area (Å²) in [6, 6.07) is 3.64. The van der Waals surface area contributed by atoms with Crippen LogP contribution in [0.4, 0.5) is 0 Å². The minimum atomic E-state index is -0.515. The van der Waals surface area contributed by atoms with Crippen molar-refractivity contribution in [2.45, 2.75) is 39.7 Å². The molecule has 0 saturated heterocycles. The van der Waals surface area contributed by atoms with E-state index in [0.29, 0.717) is 12.1 Å². The van der Waals surface area contributed by atoms with E-state index in [1.807, 2.05) is 6.07 Å². The van der Waals surface area contributed by atoms with Crippen LogP contribution in [0.1, 0.15) is 51.0 Å². The van der Waals surface area contributed by atoms with Crippen molar-refractivity contribution in [2.75, 3.05) is 0 Å². The predicted molar refractivity (Wildman–Crippen MR) is 65.8 cm³/mol. The zero-order valence-corrected chi connectivity index (χ0v) is 10.2. The van der Waals surface area contributed by atoms with E-state index >= 15 is 0 Å². The fraction of sp³-hybridized carbons (Fsp3) is 0.500. The SMILES string of the molecule is C#Cc1ncccc1[C@@H](O)CCC(C)(C)C. The summed E-state index contributed by atoms with van der Waals surface area (Å²) in [7, 11) is 0. The Labute approximate surface area is 97.7 Å². The molecule has 0 bridgehead atoms. The Morgan fingerprint density at radius 3 is 2.75 bits per heavy atom. The average molecular weight is 217 g/mol. The third-order valence-corrected chi connectivity index (χ3v) is 2.50.